The Labute approximate surface area is 101 Å². The molecule has 0 amide bonds. The largest absolute Gasteiger partial charge is 0.480 e. The van der Waals surface area contributed by atoms with E-state index in [9.17, 15) is 9.90 Å². The van der Waals surface area contributed by atoms with Crippen LogP contribution in [0.4, 0.5) is 0 Å². The highest BCUT2D eigenvalue weighted by Crippen LogP contribution is 2.37. The third kappa shape index (κ3) is 3.42. The fourth-order valence-electron chi connectivity index (χ4n) is 2.66. The number of carboxylic acids is 1. The number of carbonyl (C=O) groups is 1. The van der Waals surface area contributed by atoms with Crippen LogP contribution >= 0.6 is 0 Å². The number of hydrogen-bond acceptors (Lipinski definition) is 5. The molecule has 17 heavy (non-hydrogen) atoms. The summed E-state index contributed by atoms with van der Waals surface area (Å²) < 4.78 is 0. The standard InChI is InChI=1S/C10H21BN2O4/c12-6-8-2-1-7(3-4-11(16)17)5-10(8,13)9(14)15/h7-8,16-17H,1-6,12-13H2,(H,14,15)/t7-,8-,10+/m0/s1. The van der Waals surface area contributed by atoms with Gasteiger partial charge in [-0.2, -0.15) is 0 Å². The molecule has 0 aromatic heterocycles. The van der Waals surface area contributed by atoms with Gasteiger partial charge in [0.15, 0.2) is 0 Å². The highest BCUT2D eigenvalue weighted by molar-refractivity contribution is 6.40. The Kier molecular flexibility index (Phi) is 4.94. The molecule has 3 atom stereocenters. The van der Waals surface area contributed by atoms with E-state index >= 15 is 0 Å². The molecule has 1 saturated carbocycles. The zero-order chi connectivity index (χ0) is 13.1. The third-order valence-corrected chi connectivity index (χ3v) is 3.79. The lowest BCUT2D eigenvalue weighted by Crippen LogP contribution is -2.59. The molecule has 1 rings (SSSR count). The van der Waals surface area contributed by atoms with Gasteiger partial charge in [-0.3, -0.25) is 4.79 Å². The molecular weight excluding hydrogens is 223 g/mol. The second-order valence-corrected chi connectivity index (χ2v) is 4.98. The third-order valence-electron chi connectivity index (χ3n) is 3.79. The van der Waals surface area contributed by atoms with Crippen LogP contribution in [0.1, 0.15) is 25.7 Å². The number of aliphatic carboxylic acids is 1. The lowest BCUT2D eigenvalue weighted by atomic mass is 9.66. The lowest BCUT2D eigenvalue weighted by Gasteiger charge is -2.41. The maximum absolute atomic E-state index is 11.2. The molecule has 0 saturated heterocycles. The minimum absolute atomic E-state index is 0.126. The van der Waals surface area contributed by atoms with Crippen LogP contribution in [0.5, 0.6) is 0 Å². The number of carboxylic acid groups (broad SMARTS) is 1. The first-order valence-electron chi connectivity index (χ1n) is 5.98. The zero-order valence-corrected chi connectivity index (χ0v) is 9.88. The van der Waals surface area contributed by atoms with Crippen LogP contribution in [-0.2, 0) is 4.79 Å². The van der Waals surface area contributed by atoms with E-state index in [0.717, 1.165) is 6.42 Å². The molecule has 7 N–H and O–H groups in total. The molecular formula is C10H21BN2O4. The predicted octanol–water partition coefficient (Wildman–Crippen LogP) is -0.994. The monoisotopic (exact) mass is 244 g/mol. The molecule has 0 aromatic carbocycles. The van der Waals surface area contributed by atoms with Crippen molar-refractivity contribution in [3.05, 3.63) is 0 Å². The summed E-state index contributed by atoms with van der Waals surface area (Å²) in [7, 11) is -1.33. The summed E-state index contributed by atoms with van der Waals surface area (Å²) >= 11 is 0. The van der Waals surface area contributed by atoms with Gasteiger partial charge in [-0.1, -0.05) is 6.42 Å². The first kappa shape index (κ1) is 14.4. The summed E-state index contributed by atoms with van der Waals surface area (Å²) in [5.74, 6) is -1.09. The average Bonchev–Trinajstić information content (AvgIpc) is 2.26. The topological polar surface area (TPSA) is 130 Å². The Morgan fingerprint density at radius 3 is 2.53 bits per heavy atom. The van der Waals surface area contributed by atoms with Gasteiger partial charge in [-0.05, 0) is 44.0 Å². The molecule has 0 spiro atoms. The van der Waals surface area contributed by atoms with Crippen molar-refractivity contribution < 1.29 is 19.9 Å². The second kappa shape index (κ2) is 5.81. The van der Waals surface area contributed by atoms with Crippen LogP contribution in [0, 0.1) is 11.8 Å². The number of hydrogen-bond donors (Lipinski definition) is 5. The molecule has 1 aliphatic carbocycles. The smallest absolute Gasteiger partial charge is 0.451 e. The predicted molar refractivity (Wildman–Crippen MR) is 64.1 cm³/mol. The molecule has 0 radical (unpaired) electrons. The van der Waals surface area contributed by atoms with Gasteiger partial charge >= 0.3 is 13.1 Å². The highest BCUT2D eigenvalue weighted by Gasteiger charge is 2.46. The van der Waals surface area contributed by atoms with Crippen LogP contribution < -0.4 is 11.5 Å². The van der Waals surface area contributed by atoms with Crippen molar-refractivity contribution in [1.29, 1.82) is 0 Å². The summed E-state index contributed by atoms with van der Waals surface area (Å²) in [6.45, 7) is 0.276. The van der Waals surface area contributed by atoms with Crippen LogP contribution in [-0.4, -0.2) is 40.3 Å². The van der Waals surface area contributed by atoms with Gasteiger partial charge in [0, 0.05) is 0 Å². The first-order valence-corrected chi connectivity index (χ1v) is 5.98. The zero-order valence-electron chi connectivity index (χ0n) is 9.88. The normalized spacial score (nSPS) is 33.4. The van der Waals surface area contributed by atoms with E-state index in [-0.39, 0.29) is 24.7 Å². The van der Waals surface area contributed by atoms with Gasteiger partial charge < -0.3 is 26.6 Å². The Balaban J connectivity index is 2.63. The molecule has 1 aliphatic rings. The van der Waals surface area contributed by atoms with Crippen LogP contribution in [0.3, 0.4) is 0 Å². The Bertz CT molecular complexity index is 277. The summed E-state index contributed by atoms with van der Waals surface area (Å²) in [4.78, 5) is 11.2. The Morgan fingerprint density at radius 2 is 2.06 bits per heavy atom. The summed E-state index contributed by atoms with van der Waals surface area (Å²) in [5, 5.41) is 26.8. The molecule has 0 bridgehead atoms. The maximum Gasteiger partial charge on any atom is 0.451 e. The number of nitrogens with two attached hydrogens (primary N) is 2. The van der Waals surface area contributed by atoms with E-state index in [1.165, 1.54) is 0 Å². The molecule has 98 valence electrons. The van der Waals surface area contributed by atoms with Crippen molar-refractivity contribution in [3.8, 4) is 0 Å². The van der Waals surface area contributed by atoms with E-state index < -0.39 is 18.6 Å². The summed E-state index contributed by atoms with van der Waals surface area (Å²) in [6.07, 6.45) is 2.73. The molecule has 1 fully saturated rings. The summed E-state index contributed by atoms with van der Waals surface area (Å²) in [5.41, 5.74) is 10.2. The van der Waals surface area contributed by atoms with Gasteiger partial charge in [-0.15, -0.1) is 0 Å². The van der Waals surface area contributed by atoms with Gasteiger partial charge in [0.25, 0.3) is 0 Å². The molecule has 0 unspecified atom stereocenters. The fourth-order valence-corrected chi connectivity index (χ4v) is 2.66. The first-order chi connectivity index (χ1) is 7.90. The van der Waals surface area contributed by atoms with E-state index in [1.807, 2.05) is 0 Å². The highest BCUT2D eigenvalue weighted by atomic mass is 16.4. The van der Waals surface area contributed by atoms with Crippen molar-refractivity contribution >= 4 is 13.1 Å². The van der Waals surface area contributed by atoms with Crippen LogP contribution in [0.2, 0.25) is 6.32 Å². The van der Waals surface area contributed by atoms with Gasteiger partial charge in [0.2, 0.25) is 0 Å². The average molecular weight is 244 g/mol. The lowest BCUT2D eigenvalue weighted by molar-refractivity contribution is -0.147. The Morgan fingerprint density at radius 1 is 1.41 bits per heavy atom. The number of rotatable bonds is 5. The minimum Gasteiger partial charge on any atom is -0.480 e. The quantitative estimate of drug-likeness (QED) is 0.394. The molecule has 0 heterocycles. The van der Waals surface area contributed by atoms with Gasteiger partial charge in [0.1, 0.15) is 5.54 Å². The van der Waals surface area contributed by atoms with E-state index in [0.29, 0.717) is 19.3 Å². The fraction of sp³-hybridized carbons (Fsp3) is 0.900. The maximum atomic E-state index is 11.2. The van der Waals surface area contributed by atoms with E-state index in [2.05, 4.69) is 0 Å². The molecule has 0 aliphatic heterocycles. The molecule has 0 aromatic rings. The van der Waals surface area contributed by atoms with Gasteiger partial charge in [0.05, 0.1) is 0 Å². The SMILES string of the molecule is NC[C@@H]1CC[C@@H](CCB(O)O)C[C@]1(N)C(=O)O. The van der Waals surface area contributed by atoms with Crippen molar-refractivity contribution in [3.63, 3.8) is 0 Å². The second-order valence-electron chi connectivity index (χ2n) is 4.98. The molecule has 6 nitrogen and oxygen atoms in total. The van der Waals surface area contributed by atoms with E-state index in [4.69, 9.17) is 21.5 Å². The van der Waals surface area contributed by atoms with Crippen molar-refractivity contribution in [2.75, 3.05) is 6.54 Å². The molecule has 7 heteroatoms. The van der Waals surface area contributed by atoms with Crippen molar-refractivity contribution in [2.24, 2.45) is 23.3 Å². The minimum atomic E-state index is -1.33. The Hall–Kier alpha value is -0.625. The summed E-state index contributed by atoms with van der Waals surface area (Å²) in [6, 6.07) is 0. The van der Waals surface area contributed by atoms with Gasteiger partial charge in [-0.25, -0.2) is 0 Å². The van der Waals surface area contributed by atoms with Crippen LogP contribution in [0.25, 0.3) is 0 Å². The van der Waals surface area contributed by atoms with Crippen molar-refractivity contribution in [2.45, 2.75) is 37.5 Å². The van der Waals surface area contributed by atoms with Crippen molar-refractivity contribution in [1.82, 2.24) is 0 Å². The van der Waals surface area contributed by atoms with Crippen LogP contribution in [0.15, 0.2) is 0 Å². The van der Waals surface area contributed by atoms with E-state index in [1.54, 1.807) is 0 Å².